The Morgan fingerprint density at radius 3 is 2.66 bits per heavy atom. The number of aromatic nitrogens is 3. The van der Waals surface area contributed by atoms with E-state index in [0.29, 0.717) is 24.0 Å². The van der Waals surface area contributed by atoms with E-state index in [1.807, 2.05) is 25.3 Å². The molecule has 9 heteroatoms. The van der Waals surface area contributed by atoms with Gasteiger partial charge in [0.1, 0.15) is 11.6 Å². The number of hydrogen-bond acceptors (Lipinski definition) is 9. The van der Waals surface area contributed by atoms with E-state index in [4.69, 9.17) is 0 Å². The maximum Gasteiger partial charge on any atom is 0.230 e. The Morgan fingerprint density at radius 1 is 1.19 bits per heavy atom. The van der Waals surface area contributed by atoms with Gasteiger partial charge in [-0.1, -0.05) is 0 Å². The minimum atomic E-state index is -0.289. The number of piperazine rings is 1. The van der Waals surface area contributed by atoms with Crippen LogP contribution in [0.15, 0.2) is 30.6 Å². The number of carbonyl (C=O) groups is 1. The van der Waals surface area contributed by atoms with Crippen molar-refractivity contribution < 1.29 is 9.90 Å². The number of nitrogens with zero attached hydrogens (tertiary/aromatic N) is 4. The summed E-state index contributed by atoms with van der Waals surface area (Å²) in [5, 5.41) is 19.8. The first kappa shape index (κ1) is 22.2. The zero-order valence-corrected chi connectivity index (χ0v) is 18.6. The highest BCUT2D eigenvalue weighted by Gasteiger charge is 2.24. The average Bonchev–Trinajstić information content (AvgIpc) is 3.19. The molecule has 4 N–H and O–H groups in total. The van der Waals surface area contributed by atoms with E-state index in [-0.39, 0.29) is 17.9 Å². The van der Waals surface area contributed by atoms with Crippen LogP contribution < -0.4 is 20.9 Å². The van der Waals surface area contributed by atoms with Crippen LogP contribution in [0.3, 0.4) is 0 Å². The fraction of sp³-hybridized carbons (Fsp3) is 0.478. The van der Waals surface area contributed by atoms with Crippen molar-refractivity contribution in [2.75, 3.05) is 41.7 Å². The van der Waals surface area contributed by atoms with Gasteiger partial charge in [0.05, 0.1) is 18.0 Å². The molecule has 1 aliphatic heterocycles. The number of ketones is 1. The normalized spacial score (nSPS) is 21.5. The predicted octanol–water partition coefficient (Wildman–Crippen LogP) is 2.34. The van der Waals surface area contributed by atoms with Crippen LogP contribution in [0.1, 0.15) is 38.7 Å². The van der Waals surface area contributed by atoms with Crippen molar-refractivity contribution in [2.45, 2.75) is 45.3 Å². The van der Waals surface area contributed by atoms with Gasteiger partial charge in [-0.25, -0.2) is 9.97 Å². The number of carbonyl (C=O) groups excluding carboxylic acids is 1. The zero-order chi connectivity index (χ0) is 22.5. The van der Waals surface area contributed by atoms with Crippen LogP contribution in [0.25, 0.3) is 5.57 Å². The molecule has 1 aliphatic carbocycles. The van der Waals surface area contributed by atoms with Gasteiger partial charge < -0.3 is 26.0 Å². The van der Waals surface area contributed by atoms with E-state index in [0.717, 1.165) is 55.8 Å². The SMILES string of the molecule is CC(=O)/C=C(/C)c1cnc(Nc2ccc(N3CCNCC3)cn2)nc1NC1CCC(O)C1. The van der Waals surface area contributed by atoms with Crippen LogP contribution in [0.4, 0.5) is 23.3 Å². The van der Waals surface area contributed by atoms with Gasteiger partial charge in [-0.3, -0.25) is 4.79 Å². The molecule has 2 fully saturated rings. The lowest BCUT2D eigenvalue weighted by Gasteiger charge is -2.29. The van der Waals surface area contributed by atoms with Gasteiger partial charge in [-0.2, -0.15) is 4.98 Å². The molecule has 1 saturated heterocycles. The molecule has 170 valence electrons. The summed E-state index contributed by atoms with van der Waals surface area (Å²) in [7, 11) is 0. The second-order valence-corrected chi connectivity index (χ2v) is 8.47. The molecule has 1 saturated carbocycles. The molecule has 0 amide bonds. The number of aliphatic hydroxyl groups excluding tert-OH is 1. The Bertz CT molecular complexity index is 971. The fourth-order valence-corrected chi connectivity index (χ4v) is 4.19. The standard InChI is InChI=1S/C23H31N7O2/c1-15(11-16(2)31)20-14-26-23(29-22(20)27-17-3-5-19(32)12-17)28-21-6-4-18(13-25-21)30-9-7-24-8-10-30/h4,6,11,13-14,17,19,24,32H,3,5,7-10,12H2,1-2H3,(H2,25,26,27,28,29)/b15-11-. The minimum Gasteiger partial charge on any atom is -0.393 e. The van der Waals surface area contributed by atoms with Crippen LogP contribution >= 0.6 is 0 Å². The smallest absolute Gasteiger partial charge is 0.230 e. The molecule has 0 bridgehead atoms. The van der Waals surface area contributed by atoms with Crippen molar-refractivity contribution in [3.63, 3.8) is 0 Å². The van der Waals surface area contributed by atoms with Gasteiger partial charge in [0, 0.05) is 44.0 Å². The second kappa shape index (κ2) is 10.1. The third kappa shape index (κ3) is 5.60. The Kier molecular flexibility index (Phi) is 6.96. The quantitative estimate of drug-likeness (QED) is 0.484. The highest BCUT2D eigenvalue weighted by molar-refractivity contribution is 5.95. The molecule has 3 heterocycles. The number of anilines is 4. The van der Waals surface area contributed by atoms with Gasteiger partial charge in [-0.15, -0.1) is 0 Å². The largest absolute Gasteiger partial charge is 0.393 e. The van der Waals surface area contributed by atoms with Crippen molar-refractivity contribution in [2.24, 2.45) is 0 Å². The zero-order valence-electron chi connectivity index (χ0n) is 18.6. The Hall–Kier alpha value is -3.04. The number of nitrogens with one attached hydrogen (secondary N) is 3. The van der Waals surface area contributed by atoms with Gasteiger partial charge in [-0.05, 0) is 56.9 Å². The summed E-state index contributed by atoms with van der Waals surface area (Å²) in [5.41, 5.74) is 2.67. The molecule has 2 unspecified atom stereocenters. The monoisotopic (exact) mass is 437 g/mol. The summed E-state index contributed by atoms with van der Waals surface area (Å²) < 4.78 is 0. The van der Waals surface area contributed by atoms with Crippen molar-refractivity contribution in [3.8, 4) is 0 Å². The van der Waals surface area contributed by atoms with Crippen molar-refractivity contribution >= 4 is 34.6 Å². The lowest BCUT2D eigenvalue weighted by atomic mass is 10.1. The van der Waals surface area contributed by atoms with E-state index in [1.165, 1.54) is 6.92 Å². The number of hydrogen-bond donors (Lipinski definition) is 4. The summed E-state index contributed by atoms with van der Waals surface area (Å²) >= 11 is 0. The maximum atomic E-state index is 11.6. The summed E-state index contributed by atoms with van der Waals surface area (Å²) in [6, 6.07) is 4.11. The minimum absolute atomic E-state index is 0.0271. The van der Waals surface area contributed by atoms with Crippen LogP contribution in [0.5, 0.6) is 0 Å². The van der Waals surface area contributed by atoms with E-state index in [1.54, 1.807) is 12.3 Å². The first-order valence-corrected chi connectivity index (χ1v) is 11.2. The van der Waals surface area contributed by atoms with Crippen LogP contribution in [0, 0.1) is 0 Å². The summed E-state index contributed by atoms with van der Waals surface area (Å²) in [6.45, 7) is 7.29. The molecule has 2 aromatic rings. The van der Waals surface area contributed by atoms with Gasteiger partial charge in [0.25, 0.3) is 0 Å². The van der Waals surface area contributed by atoms with Crippen LogP contribution in [-0.4, -0.2) is 64.2 Å². The summed E-state index contributed by atoms with van der Waals surface area (Å²) in [6.07, 6.45) is 7.19. The molecule has 0 radical (unpaired) electrons. The van der Waals surface area contributed by atoms with Gasteiger partial charge in [0.2, 0.25) is 5.95 Å². The molecule has 2 aromatic heterocycles. The predicted molar refractivity (Wildman–Crippen MR) is 126 cm³/mol. The first-order chi connectivity index (χ1) is 15.5. The fourth-order valence-electron chi connectivity index (χ4n) is 4.19. The number of pyridine rings is 1. The van der Waals surface area contributed by atoms with Gasteiger partial charge in [0.15, 0.2) is 5.78 Å². The van der Waals surface area contributed by atoms with E-state index in [9.17, 15) is 9.90 Å². The average molecular weight is 438 g/mol. The first-order valence-electron chi connectivity index (χ1n) is 11.2. The van der Waals surface area contributed by atoms with Crippen molar-refractivity contribution in [3.05, 3.63) is 36.2 Å². The third-order valence-corrected chi connectivity index (χ3v) is 5.85. The summed E-state index contributed by atoms with van der Waals surface area (Å²) in [5.74, 6) is 1.71. The number of rotatable bonds is 7. The Morgan fingerprint density at radius 2 is 2.00 bits per heavy atom. The highest BCUT2D eigenvalue weighted by atomic mass is 16.3. The molecule has 0 spiro atoms. The molecule has 4 rings (SSSR count). The van der Waals surface area contributed by atoms with Crippen LogP contribution in [-0.2, 0) is 4.79 Å². The molecule has 2 atom stereocenters. The van der Waals surface area contributed by atoms with Crippen molar-refractivity contribution in [1.82, 2.24) is 20.3 Å². The van der Waals surface area contributed by atoms with E-state index >= 15 is 0 Å². The third-order valence-electron chi connectivity index (χ3n) is 5.85. The van der Waals surface area contributed by atoms with Gasteiger partial charge >= 0.3 is 0 Å². The van der Waals surface area contributed by atoms with E-state index < -0.39 is 0 Å². The molecular weight excluding hydrogens is 406 g/mol. The molecule has 32 heavy (non-hydrogen) atoms. The summed E-state index contributed by atoms with van der Waals surface area (Å²) in [4.78, 5) is 27.5. The topological polar surface area (TPSA) is 115 Å². The van der Waals surface area contributed by atoms with Crippen LogP contribution in [0.2, 0.25) is 0 Å². The molecule has 0 aromatic carbocycles. The molecule has 2 aliphatic rings. The Balaban J connectivity index is 1.53. The maximum absolute atomic E-state index is 11.6. The molecular formula is C23H31N7O2. The second-order valence-electron chi connectivity index (χ2n) is 8.47. The van der Waals surface area contributed by atoms with E-state index in [2.05, 4.69) is 35.8 Å². The van der Waals surface area contributed by atoms with Crippen molar-refractivity contribution in [1.29, 1.82) is 0 Å². The Labute approximate surface area is 188 Å². The number of allylic oxidation sites excluding steroid dienone is 2. The highest BCUT2D eigenvalue weighted by Crippen LogP contribution is 2.28. The molecule has 9 nitrogen and oxygen atoms in total. The lowest BCUT2D eigenvalue weighted by Crippen LogP contribution is -2.43. The number of aliphatic hydroxyl groups is 1. The lowest BCUT2D eigenvalue weighted by molar-refractivity contribution is -0.112.